The van der Waals surface area contributed by atoms with Crippen molar-refractivity contribution in [2.45, 2.75) is 65.2 Å². The van der Waals surface area contributed by atoms with Gasteiger partial charge in [0.05, 0.1) is 7.11 Å². The molecule has 1 heteroatoms. The number of methoxy groups -OCH3 is 1. The van der Waals surface area contributed by atoms with Crippen LogP contribution in [0.15, 0.2) is 6.07 Å². The summed E-state index contributed by atoms with van der Waals surface area (Å²) in [5, 5.41) is 0. The van der Waals surface area contributed by atoms with Crippen LogP contribution in [0.25, 0.3) is 0 Å². The molecule has 100 valence electrons. The van der Waals surface area contributed by atoms with Crippen LogP contribution in [0.3, 0.4) is 0 Å². The minimum absolute atomic E-state index is 0.261. The van der Waals surface area contributed by atoms with Crippen molar-refractivity contribution in [3.05, 3.63) is 28.3 Å². The molecule has 1 aromatic rings. The Labute approximate surface area is 112 Å². The van der Waals surface area contributed by atoms with Gasteiger partial charge in [0.25, 0.3) is 0 Å². The van der Waals surface area contributed by atoms with Crippen LogP contribution >= 0.6 is 0 Å². The molecule has 0 fully saturated rings. The van der Waals surface area contributed by atoms with Gasteiger partial charge in [-0.3, -0.25) is 0 Å². The summed E-state index contributed by atoms with van der Waals surface area (Å²) in [6.45, 7) is 13.9. The summed E-state index contributed by atoms with van der Waals surface area (Å²) in [5.74, 6) is 1.04. The maximum absolute atomic E-state index is 5.55. The average Bonchev–Trinajstić information content (AvgIpc) is 2.28. The predicted molar refractivity (Wildman–Crippen MR) is 77.8 cm³/mol. The molecule has 0 aliphatic heterocycles. The smallest absolute Gasteiger partial charge is 0.122 e. The minimum Gasteiger partial charge on any atom is -0.496 e. The van der Waals surface area contributed by atoms with Crippen LogP contribution in [-0.4, -0.2) is 7.11 Å². The summed E-state index contributed by atoms with van der Waals surface area (Å²) < 4.78 is 5.55. The molecule has 0 bridgehead atoms. The highest BCUT2D eigenvalue weighted by atomic mass is 16.5. The summed E-state index contributed by atoms with van der Waals surface area (Å²) >= 11 is 0. The Morgan fingerprint density at radius 3 is 2.06 bits per heavy atom. The summed E-state index contributed by atoms with van der Waals surface area (Å²) in [5.41, 5.74) is 6.29. The molecule has 1 aliphatic rings. The largest absolute Gasteiger partial charge is 0.496 e. The number of ether oxygens (including phenoxy) is 1. The van der Waals surface area contributed by atoms with E-state index in [4.69, 9.17) is 4.74 Å². The zero-order valence-electron chi connectivity index (χ0n) is 12.9. The lowest BCUT2D eigenvalue weighted by Gasteiger charge is -2.43. The molecule has 0 atom stereocenters. The Morgan fingerprint density at radius 2 is 1.50 bits per heavy atom. The molecule has 1 aliphatic carbocycles. The first-order valence-corrected chi connectivity index (χ1v) is 6.90. The van der Waals surface area contributed by atoms with Crippen molar-refractivity contribution in [3.63, 3.8) is 0 Å². The van der Waals surface area contributed by atoms with Gasteiger partial charge in [-0.25, -0.2) is 0 Å². The van der Waals surface area contributed by atoms with E-state index in [-0.39, 0.29) is 10.8 Å². The lowest BCUT2D eigenvalue weighted by atomic mass is 9.61. The van der Waals surface area contributed by atoms with E-state index < -0.39 is 0 Å². The van der Waals surface area contributed by atoms with Gasteiger partial charge in [0.2, 0.25) is 0 Å². The van der Waals surface area contributed by atoms with Crippen molar-refractivity contribution >= 4 is 0 Å². The Hall–Kier alpha value is -0.980. The van der Waals surface area contributed by atoms with Gasteiger partial charge in [-0.05, 0) is 65.8 Å². The van der Waals surface area contributed by atoms with Crippen molar-refractivity contribution in [2.24, 2.45) is 0 Å². The van der Waals surface area contributed by atoms with Crippen LogP contribution in [-0.2, 0) is 10.8 Å². The van der Waals surface area contributed by atoms with Gasteiger partial charge >= 0.3 is 0 Å². The fourth-order valence-electron chi connectivity index (χ4n) is 3.39. The highest BCUT2D eigenvalue weighted by Crippen LogP contribution is 2.49. The first-order chi connectivity index (χ1) is 8.20. The second-order valence-corrected chi connectivity index (χ2v) is 7.02. The van der Waals surface area contributed by atoms with Crippen LogP contribution < -0.4 is 4.74 Å². The molecule has 0 aromatic heterocycles. The fourth-order valence-corrected chi connectivity index (χ4v) is 3.39. The quantitative estimate of drug-likeness (QED) is 0.700. The van der Waals surface area contributed by atoms with E-state index in [1.54, 1.807) is 12.7 Å². The maximum Gasteiger partial charge on any atom is 0.122 e. The average molecular weight is 246 g/mol. The van der Waals surface area contributed by atoms with Gasteiger partial charge in [-0.2, -0.15) is 0 Å². The summed E-state index contributed by atoms with van der Waals surface area (Å²) in [6.07, 6.45) is 2.51. The highest BCUT2D eigenvalue weighted by molar-refractivity contribution is 5.54. The van der Waals surface area contributed by atoms with E-state index >= 15 is 0 Å². The first kappa shape index (κ1) is 13.5. The van der Waals surface area contributed by atoms with E-state index in [9.17, 15) is 0 Å². The van der Waals surface area contributed by atoms with Crippen LogP contribution in [0.4, 0.5) is 0 Å². The first-order valence-electron chi connectivity index (χ1n) is 6.90. The van der Waals surface area contributed by atoms with Crippen molar-refractivity contribution in [1.29, 1.82) is 0 Å². The van der Waals surface area contributed by atoms with Crippen molar-refractivity contribution in [2.75, 3.05) is 7.11 Å². The topological polar surface area (TPSA) is 9.23 Å². The second kappa shape index (κ2) is 4.01. The molecule has 0 N–H and O–H groups in total. The van der Waals surface area contributed by atoms with Gasteiger partial charge in [-0.1, -0.05) is 27.7 Å². The Balaban J connectivity index is 2.80. The van der Waals surface area contributed by atoms with Gasteiger partial charge in [-0.15, -0.1) is 0 Å². The monoisotopic (exact) mass is 246 g/mol. The van der Waals surface area contributed by atoms with Crippen LogP contribution in [0.5, 0.6) is 5.75 Å². The van der Waals surface area contributed by atoms with Crippen LogP contribution in [0.1, 0.15) is 62.8 Å². The fraction of sp³-hybridized carbons (Fsp3) is 0.647. The zero-order chi connectivity index (χ0) is 13.7. The molecule has 0 heterocycles. The summed E-state index contributed by atoms with van der Waals surface area (Å²) in [7, 11) is 1.77. The molecule has 1 aromatic carbocycles. The molecule has 1 nitrogen and oxygen atoms in total. The third kappa shape index (κ3) is 1.84. The number of rotatable bonds is 1. The number of hydrogen-bond acceptors (Lipinski definition) is 1. The SMILES string of the molecule is COc1cc2c(c(C)c1C)C(C)(C)CCC2(C)C. The van der Waals surface area contributed by atoms with E-state index in [1.807, 2.05) is 0 Å². The third-order valence-corrected chi connectivity index (χ3v) is 4.85. The molecule has 0 saturated heterocycles. The van der Waals surface area contributed by atoms with Crippen LogP contribution in [0.2, 0.25) is 0 Å². The van der Waals surface area contributed by atoms with E-state index in [1.165, 1.54) is 29.5 Å². The summed E-state index contributed by atoms with van der Waals surface area (Å²) in [4.78, 5) is 0. The predicted octanol–water partition coefficient (Wildman–Crippen LogP) is 4.66. The normalized spacial score (nSPS) is 20.4. The number of fused-ring (bicyclic) bond motifs is 1. The number of benzene rings is 1. The lowest BCUT2D eigenvalue weighted by Crippen LogP contribution is -2.35. The van der Waals surface area contributed by atoms with E-state index in [0.717, 1.165) is 5.75 Å². The Kier molecular flexibility index (Phi) is 3.00. The molecular weight excluding hydrogens is 220 g/mol. The molecular formula is C17H26O. The zero-order valence-corrected chi connectivity index (χ0v) is 12.9. The third-order valence-electron chi connectivity index (χ3n) is 4.85. The molecule has 0 amide bonds. The maximum atomic E-state index is 5.55. The van der Waals surface area contributed by atoms with Crippen molar-refractivity contribution in [1.82, 2.24) is 0 Å². The van der Waals surface area contributed by atoms with E-state index in [2.05, 4.69) is 47.6 Å². The number of hydrogen-bond donors (Lipinski definition) is 0. The summed E-state index contributed by atoms with van der Waals surface area (Å²) in [6, 6.07) is 2.28. The standard InChI is InChI=1S/C17H26O/c1-11-12(2)15-13(10-14(11)18-7)16(3,4)8-9-17(15,5)6/h10H,8-9H2,1-7H3. The second-order valence-electron chi connectivity index (χ2n) is 7.02. The van der Waals surface area contributed by atoms with Gasteiger partial charge in [0, 0.05) is 0 Å². The molecule has 0 spiro atoms. The Morgan fingerprint density at radius 1 is 0.944 bits per heavy atom. The molecule has 2 rings (SSSR count). The molecule has 18 heavy (non-hydrogen) atoms. The lowest BCUT2D eigenvalue weighted by molar-refractivity contribution is 0.326. The Bertz CT molecular complexity index is 481. The van der Waals surface area contributed by atoms with Crippen LogP contribution in [0, 0.1) is 13.8 Å². The van der Waals surface area contributed by atoms with Gasteiger partial charge in [0.15, 0.2) is 0 Å². The minimum atomic E-state index is 0.261. The van der Waals surface area contributed by atoms with Gasteiger partial charge in [0.1, 0.15) is 5.75 Å². The molecule has 0 radical (unpaired) electrons. The molecule has 0 unspecified atom stereocenters. The van der Waals surface area contributed by atoms with Gasteiger partial charge < -0.3 is 4.74 Å². The van der Waals surface area contributed by atoms with Crippen molar-refractivity contribution in [3.8, 4) is 5.75 Å². The van der Waals surface area contributed by atoms with E-state index in [0.29, 0.717) is 0 Å². The molecule has 0 saturated carbocycles. The highest BCUT2D eigenvalue weighted by Gasteiger charge is 2.39. The van der Waals surface area contributed by atoms with Crippen molar-refractivity contribution < 1.29 is 4.74 Å².